The Bertz CT molecular complexity index is 1000. The predicted octanol–water partition coefficient (Wildman–Crippen LogP) is 3.33. The van der Waals surface area contributed by atoms with Crippen molar-refractivity contribution in [3.05, 3.63) is 83.7 Å². The topological polar surface area (TPSA) is 65.7 Å². The quantitative estimate of drug-likeness (QED) is 0.310. The zero-order valence-electron chi connectivity index (χ0n) is 17.3. The Labute approximate surface area is 194 Å². The average Bonchev–Trinajstić information content (AvgIpc) is 3.35. The van der Waals surface area contributed by atoms with Crippen molar-refractivity contribution < 1.29 is 5.11 Å². The van der Waals surface area contributed by atoms with E-state index < -0.39 is 5.60 Å². The summed E-state index contributed by atoms with van der Waals surface area (Å²) >= 11 is 0. The Morgan fingerprint density at radius 1 is 1.20 bits per heavy atom. The first-order valence-electron chi connectivity index (χ1n) is 9.90. The van der Waals surface area contributed by atoms with Gasteiger partial charge in [-0.15, -0.1) is 24.0 Å². The molecular weight excluding hydrogens is 489 g/mol. The lowest BCUT2D eigenvalue weighted by Crippen LogP contribution is -2.45. The molecule has 1 aliphatic rings. The molecule has 2 N–H and O–H groups in total. The minimum Gasteiger partial charge on any atom is -0.383 e. The number of halogens is 1. The molecule has 1 aromatic heterocycles. The molecule has 158 valence electrons. The molecule has 7 heteroatoms. The highest BCUT2D eigenvalue weighted by atomic mass is 127. The lowest BCUT2D eigenvalue weighted by molar-refractivity contribution is 0.0427. The van der Waals surface area contributed by atoms with E-state index in [1.165, 1.54) is 5.56 Å². The molecule has 0 saturated carbocycles. The summed E-state index contributed by atoms with van der Waals surface area (Å²) in [6, 6.07) is 18.2. The normalized spacial score (nSPS) is 17.9. The number of fused-ring (bicyclic) bond motifs is 1. The first-order chi connectivity index (χ1) is 14.1. The minimum absolute atomic E-state index is 0. The SMILES string of the molecule is CN=C(NCC1(O)CCc2ccccc21)N(C)Cc1cnn(-c2ccccc2)c1.I. The number of hydrogen-bond donors (Lipinski definition) is 2. The number of nitrogens with zero attached hydrogens (tertiary/aromatic N) is 4. The van der Waals surface area contributed by atoms with E-state index in [4.69, 9.17) is 0 Å². The second kappa shape index (κ2) is 9.61. The summed E-state index contributed by atoms with van der Waals surface area (Å²) < 4.78 is 1.87. The molecular formula is C23H28IN5O. The van der Waals surface area contributed by atoms with Gasteiger partial charge in [-0.1, -0.05) is 42.5 Å². The highest BCUT2D eigenvalue weighted by Gasteiger charge is 2.36. The van der Waals surface area contributed by atoms with E-state index >= 15 is 0 Å². The number of aliphatic imine (C=N–C) groups is 1. The van der Waals surface area contributed by atoms with E-state index in [1.807, 2.05) is 77.6 Å². The van der Waals surface area contributed by atoms with Crippen molar-refractivity contribution in [2.24, 2.45) is 4.99 Å². The largest absolute Gasteiger partial charge is 0.383 e. The number of aliphatic hydroxyl groups is 1. The summed E-state index contributed by atoms with van der Waals surface area (Å²) in [6.45, 7) is 1.10. The standard InChI is InChI=1S/C23H27N5O.HI/c1-24-22(25-17-23(29)13-12-19-8-6-7-11-21(19)23)27(2)15-18-14-26-28(16-18)20-9-4-3-5-10-20;/h3-11,14,16,29H,12-13,15,17H2,1-2H3,(H,24,25);1H. The van der Waals surface area contributed by atoms with Crippen LogP contribution in [-0.2, 0) is 18.6 Å². The second-order valence-corrected chi connectivity index (χ2v) is 7.57. The van der Waals surface area contributed by atoms with E-state index in [1.54, 1.807) is 7.05 Å². The van der Waals surface area contributed by atoms with Gasteiger partial charge in [0.2, 0.25) is 0 Å². The highest BCUT2D eigenvalue weighted by molar-refractivity contribution is 14.0. The number of rotatable bonds is 5. The van der Waals surface area contributed by atoms with Crippen LogP contribution in [0.5, 0.6) is 0 Å². The fourth-order valence-electron chi connectivity index (χ4n) is 3.97. The number of aryl methyl sites for hydroxylation is 1. The third-order valence-corrected chi connectivity index (χ3v) is 5.52. The third kappa shape index (κ3) is 4.67. The summed E-state index contributed by atoms with van der Waals surface area (Å²) in [5.74, 6) is 0.746. The molecule has 6 nitrogen and oxygen atoms in total. The van der Waals surface area contributed by atoms with Gasteiger partial charge in [0.1, 0.15) is 5.60 Å². The molecule has 1 atom stereocenters. The predicted molar refractivity (Wildman–Crippen MR) is 130 cm³/mol. The number of guanidine groups is 1. The van der Waals surface area contributed by atoms with Crippen LogP contribution in [0.1, 0.15) is 23.1 Å². The van der Waals surface area contributed by atoms with Crippen LogP contribution in [0.25, 0.3) is 5.69 Å². The van der Waals surface area contributed by atoms with Gasteiger partial charge in [0.25, 0.3) is 0 Å². The molecule has 3 aromatic rings. The molecule has 1 unspecified atom stereocenters. The molecule has 0 saturated heterocycles. The molecule has 0 spiro atoms. The van der Waals surface area contributed by atoms with Crippen molar-refractivity contribution in [3.8, 4) is 5.69 Å². The van der Waals surface area contributed by atoms with Crippen LogP contribution in [-0.4, -0.2) is 46.4 Å². The smallest absolute Gasteiger partial charge is 0.193 e. The van der Waals surface area contributed by atoms with Gasteiger partial charge in [-0.3, -0.25) is 4.99 Å². The minimum atomic E-state index is -0.856. The maximum absolute atomic E-state index is 11.1. The van der Waals surface area contributed by atoms with Crippen LogP contribution < -0.4 is 5.32 Å². The summed E-state index contributed by atoms with van der Waals surface area (Å²) in [5, 5.41) is 18.9. The maximum Gasteiger partial charge on any atom is 0.193 e. The maximum atomic E-state index is 11.1. The fourth-order valence-corrected chi connectivity index (χ4v) is 3.97. The number of benzene rings is 2. The van der Waals surface area contributed by atoms with Gasteiger partial charge < -0.3 is 15.3 Å². The number of aromatic nitrogens is 2. The zero-order valence-corrected chi connectivity index (χ0v) is 19.7. The number of nitrogens with one attached hydrogen (secondary N) is 1. The highest BCUT2D eigenvalue weighted by Crippen LogP contribution is 2.36. The second-order valence-electron chi connectivity index (χ2n) is 7.57. The van der Waals surface area contributed by atoms with Crippen LogP contribution in [0.3, 0.4) is 0 Å². The van der Waals surface area contributed by atoms with Crippen LogP contribution in [0.15, 0.2) is 72.0 Å². The van der Waals surface area contributed by atoms with E-state index in [2.05, 4.69) is 21.5 Å². The van der Waals surface area contributed by atoms with Gasteiger partial charge in [0.05, 0.1) is 18.4 Å². The van der Waals surface area contributed by atoms with E-state index in [0.717, 1.165) is 35.6 Å². The van der Waals surface area contributed by atoms with Crippen molar-refractivity contribution in [1.82, 2.24) is 20.0 Å². The third-order valence-electron chi connectivity index (χ3n) is 5.52. The van der Waals surface area contributed by atoms with Crippen LogP contribution in [0, 0.1) is 0 Å². The molecule has 30 heavy (non-hydrogen) atoms. The van der Waals surface area contributed by atoms with Gasteiger partial charge in [-0.25, -0.2) is 4.68 Å². The summed E-state index contributed by atoms with van der Waals surface area (Å²) in [7, 11) is 3.75. The number of hydrogen-bond acceptors (Lipinski definition) is 3. The zero-order chi connectivity index (χ0) is 20.3. The van der Waals surface area contributed by atoms with E-state index in [0.29, 0.717) is 13.1 Å². The Balaban J connectivity index is 0.00000256. The molecule has 1 heterocycles. The summed E-state index contributed by atoms with van der Waals surface area (Å²) in [6.07, 6.45) is 5.53. The van der Waals surface area contributed by atoms with Crippen LogP contribution in [0.2, 0.25) is 0 Å². The molecule has 0 fully saturated rings. The average molecular weight is 517 g/mol. The van der Waals surface area contributed by atoms with E-state index in [-0.39, 0.29) is 24.0 Å². The van der Waals surface area contributed by atoms with Gasteiger partial charge >= 0.3 is 0 Å². The lowest BCUT2D eigenvalue weighted by Gasteiger charge is -2.28. The number of para-hydroxylation sites is 1. The van der Waals surface area contributed by atoms with Crippen molar-refractivity contribution in [2.75, 3.05) is 20.6 Å². The fraction of sp³-hybridized carbons (Fsp3) is 0.304. The molecule has 0 bridgehead atoms. The van der Waals surface area contributed by atoms with Gasteiger partial charge in [-0.05, 0) is 36.1 Å². The molecule has 1 aliphatic carbocycles. The molecule has 0 radical (unpaired) electrons. The molecule has 0 amide bonds. The van der Waals surface area contributed by atoms with Crippen molar-refractivity contribution >= 4 is 29.9 Å². The molecule has 0 aliphatic heterocycles. The first-order valence-corrected chi connectivity index (χ1v) is 9.90. The van der Waals surface area contributed by atoms with Crippen LogP contribution >= 0.6 is 24.0 Å². The Hall–Kier alpha value is -2.39. The Morgan fingerprint density at radius 3 is 2.70 bits per heavy atom. The molecule has 4 rings (SSSR count). The van der Waals surface area contributed by atoms with Crippen molar-refractivity contribution in [2.45, 2.75) is 25.0 Å². The lowest BCUT2D eigenvalue weighted by atomic mass is 9.96. The van der Waals surface area contributed by atoms with Gasteiger partial charge in [0.15, 0.2) is 5.96 Å². The summed E-state index contributed by atoms with van der Waals surface area (Å²) in [4.78, 5) is 6.43. The first kappa shape index (κ1) is 22.3. The van der Waals surface area contributed by atoms with Crippen molar-refractivity contribution in [1.29, 1.82) is 0 Å². The Morgan fingerprint density at radius 2 is 1.93 bits per heavy atom. The van der Waals surface area contributed by atoms with Gasteiger partial charge in [0, 0.05) is 32.4 Å². The van der Waals surface area contributed by atoms with E-state index in [9.17, 15) is 5.11 Å². The molecule has 2 aromatic carbocycles. The van der Waals surface area contributed by atoms with Crippen molar-refractivity contribution in [3.63, 3.8) is 0 Å². The van der Waals surface area contributed by atoms with Crippen LogP contribution in [0.4, 0.5) is 0 Å². The van der Waals surface area contributed by atoms with Gasteiger partial charge in [-0.2, -0.15) is 5.10 Å². The Kier molecular flexibility index (Phi) is 7.14. The summed E-state index contributed by atoms with van der Waals surface area (Å²) in [5.41, 5.74) is 3.52. The monoisotopic (exact) mass is 517 g/mol.